The van der Waals surface area contributed by atoms with Crippen LogP contribution >= 0.6 is 23.2 Å². The molecule has 0 amide bonds. The molecule has 1 heterocycles. The Labute approximate surface area is 120 Å². The van der Waals surface area contributed by atoms with E-state index in [0.29, 0.717) is 17.3 Å². The zero-order valence-corrected chi connectivity index (χ0v) is 11.6. The Morgan fingerprint density at radius 3 is 2.74 bits per heavy atom. The lowest BCUT2D eigenvalue weighted by Gasteiger charge is -2.15. The van der Waals surface area contributed by atoms with Gasteiger partial charge in [-0.25, -0.2) is 0 Å². The van der Waals surface area contributed by atoms with Gasteiger partial charge in [0.25, 0.3) is 5.69 Å². The molecule has 1 aromatic rings. The van der Waals surface area contributed by atoms with Gasteiger partial charge in [-0.3, -0.25) is 10.1 Å². The van der Waals surface area contributed by atoms with E-state index in [-0.39, 0.29) is 10.7 Å². The molecule has 0 radical (unpaired) electrons. The summed E-state index contributed by atoms with van der Waals surface area (Å²) in [5.74, 6) is 0. The van der Waals surface area contributed by atoms with Gasteiger partial charge in [-0.05, 0) is 19.0 Å². The number of nitro groups is 1. The zero-order chi connectivity index (χ0) is 13.8. The SMILES string of the molecule is O=[N+]([O-])c1cc(Cl)c(Cl)cc1NCC1=CCNCC1. The van der Waals surface area contributed by atoms with E-state index < -0.39 is 4.92 Å². The van der Waals surface area contributed by atoms with Crippen LogP contribution in [0.25, 0.3) is 0 Å². The van der Waals surface area contributed by atoms with Gasteiger partial charge in [0.05, 0.1) is 15.0 Å². The van der Waals surface area contributed by atoms with Crippen molar-refractivity contribution >= 4 is 34.6 Å². The molecule has 2 N–H and O–H groups in total. The summed E-state index contributed by atoms with van der Waals surface area (Å²) < 4.78 is 0. The summed E-state index contributed by atoms with van der Waals surface area (Å²) in [5, 5.41) is 17.7. The zero-order valence-electron chi connectivity index (χ0n) is 10.1. The first kappa shape index (κ1) is 14.1. The Morgan fingerprint density at radius 1 is 1.37 bits per heavy atom. The molecule has 2 rings (SSSR count). The van der Waals surface area contributed by atoms with Crippen LogP contribution in [0, 0.1) is 10.1 Å². The van der Waals surface area contributed by atoms with Crippen LogP contribution in [0.3, 0.4) is 0 Å². The molecule has 0 bridgehead atoms. The monoisotopic (exact) mass is 301 g/mol. The molecule has 7 heteroatoms. The summed E-state index contributed by atoms with van der Waals surface area (Å²) in [6.45, 7) is 2.33. The predicted molar refractivity (Wildman–Crippen MR) is 77.2 cm³/mol. The summed E-state index contributed by atoms with van der Waals surface area (Å²) in [5.41, 5.74) is 1.54. The smallest absolute Gasteiger partial charge is 0.293 e. The molecule has 1 aliphatic rings. The van der Waals surface area contributed by atoms with Gasteiger partial charge in [0.15, 0.2) is 0 Å². The highest BCUT2D eigenvalue weighted by molar-refractivity contribution is 6.42. The van der Waals surface area contributed by atoms with Crippen LogP contribution < -0.4 is 10.6 Å². The minimum absolute atomic E-state index is 0.0658. The Balaban J connectivity index is 2.16. The van der Waals surface area contributed by atoms with Crippen LogP contribution in [-0.4, -0.2) is 24.6 Å². The van der Waals surface area contributed by atoms with Gasteiger partial charge in [0.2, 0.25) is 0 Å². The van der Waals surface area contributed by atoms with E-state index in [1.807, 2.05) is 0 Å². The standard InChI is InChI=1S/C12H13Cl2N3O2/c13-9-5-11(12(17(18)19)6-10(9)14)16-7-8-1-3-15-4-2-8/h1,5-6,15-16H,2-4,7H2. The average molecular weight is 302 g/mol. The maximum Gasteiger partial charge on any atom is 0.293 e. The molecule has 102 valence electrons. The van der Waals surface area contributed by atoms with E-state index in [2.05, 4.69) is 16.7 Å². The number of rotatable bonds is 4. The van der Waals surface area contributed by atoms with E-state index in [0.717, 1.165) is 19.5 Å². The average Bonchev–Trinajstić information content (AvgIpc) is 2.40. The second kappa shape index (κ2) is 6.23. The highest BCUT2D eigenvalue weighted by atomic mass is 35.5. The maximum absolute atomic E-state index is 11.0. The lowest BCUT2D eigenvalue weighted by atomic mass is 10.1. The van der Waals surface area contributed by atoms with E-state index >= 15 is 0 Å². The van der Waals surface area contributed by atoms with Gasteiger partial charge in [0.1, 0.15) is 5.69 Å². The minimum Gasteiger partial charge on any atom is -0.376 e. The molecule has 0 spiro atoms. The predicted octanol–water partition coefficient (Wildman–Crippen LogP) is 3.23. The normalized spacial score (nSPS) is 14.9. The van der Waals surface area contributed by atoms with E-state index in [1.54, 1.807) is 0 Å². The van der Waals surface area contributed by atoms with Crippen molar-refractivity contribution < 1.29 is 4.92 Å². The molecule has 0 atom stereocenters. The molecule has 0 aromatic heterocycles. The summed E-state index contributed by atoms with van der Waals surface area (Å²) in [6, 6.07) is 2.76. The lowest BCUT2D eigenvalue weighted by molar-refractivity contribution is -0.383. The summed E-state index contributed by atoms with van der Waals surface area (Å²) >= 11 is 11.7. The highest BCUT2D eigenvalue weighted by Crippen LogP contribution is 2.34. The van der Waals surface area contributed by atoms with Gasteiger partial charge in [0, 0.05) is 19.2 Å². The highest BCUT2D eigenvalue weighted by Gasteiger charge is 2.17. The fourth-order valence-electron chi connectivity index (χ4n) is 1.87. The van der Waals surface area contributed by atoms with Gasteiger partial charge < -0.3 is 10.6 Å². The summed E-state index contributed by atoms with van der Waals surface area (Å²) in [7, 11) is 0. The molecule has 5 nitrogen and oxygen atoms in total. The van der Waals surface area contributed by atoms with Crippen molar-refractivity contribution in [3.05, 3.63) is 43.9 Å². The van der Waals surface area contributed by atoms with Crippen LogP contribution in [0.5, 0.6) is 0 Å². The molecule has 0 aliphatic carbocycles. The Kier molecular flexibility index (Phi) is 4.63. The van der Waals surface area contributed by atoms with Crippen LogP contribution in [0.1, 0.15) is 6.42 Å². The fourth-order valence-corrected chi connectivity index (χ4v) is 2.19. The quantitative estimate of drug-likeness (QED) is 0.509. The Bertz CT molecular complexity index is 532. The van der Waals surface area contributed by atoms with Gasteiger partial charge in [-0.2, -0.15) is 0 Å². The van der Waals surface area contributed by atoms with Crippen LogP contribution in [0.2, 0.25) is 10.0 Å². The molecule has 1 aromatic carbocycles. The second-order valence-electron chi connectivity index (χ2n) is 4.21. The van der Waals surface area contributed by atoms with E-state index in [4.69, 9.17) is 23.2 Å². The second-order valence-corrected chi connectivity index (χ2v) is 5.03. The number of hydrogen-bond acceptors (Lipinski definition) is 4. The largest absolute Gasteiger partial charge is 0.376 e. The number of nitrogens with one attached hydrogen (secondary N) is 2. The number of benzene rings is 1. The molecule has 0 fully saturated rings. The van der Waals surface area contributed by atoms with Crippen LogP contribution in [-0.2, 0) is 0 Å². The third-order valence-electron chi connectivity index (χ3n) is 2.90. The van der Waals surface area contributed by atoms with Gasteiger partial charge in [-0.1, -0.05) is 34.9 Å². The van der Waals surface area contributed by atoms with Gasteiger partial charge in [-0.15, -0.1) is 0 Å². The van der Waals surface area contributed by atoms with Crippen molar-refractivity contribution in [2.24, 2.45) is 0 Å². The number of hydrogen-bond donors (Lipinski definition) is 2. The first-order valence-corrected chi connectivity index (χ1v) is 6.59. The molecular weight excluding hydrogens is 289 g/mol. The number of nitrogens with zero attached hydrogens (tertiary/aromatic N) is 1. The van der Waals surface area contributed by atoms with Crippen molar-refractivity contribution in [2.45, 2.75) is 6.42 Å². The summed E-state index contributed by atoms with van der Waals surface area (Å²) in [6.07, 6.45) is 3.02. The minimum atomic E-state index is -0.471. The van der Waals surface area contributed by atoms with Gasteiger partial charge >= 0.3 is 0 Å². The third-order valence-corrected chi connectivity index (χ3v) is 3.62. The number of halogens is 2. The van der Waals surface area contributed by atoms with E-state index in [1.165, 1.54) is 17.7 Å². The van der Waals surface area contributed by atoms with Crippen LogP contribution in [0.4, 0.5) is 11.4 Å². The topological polar surface area (TPSA) is 67.2 Å². The molecular formula is C12H13Cl2N3O2. The third kappa shape index (κ3) is 3.59. The van der Waals surface area contributed by atoms with Crippen molar-refractivity contribution in [1.82, 2.24) is 5.32 Å². The molecule has 0 saturated heterocycles. The fraction of sp³-hybridized carbons (Fsp3) is 0.333. The number of anilines is 1. The van der Waals surface area contributed by atoms with Crippen LogP contribution in [0.15, 0.2) is 23.8 Å². The Hall–Kier alpha value is -1.30. The molecule has 0 unspecified atom stereocenters. The lowest BCUT2D eigenvalue weighted by Crippen LogP contribution is -2.23. The molecule has 19 heavy (non-hydrogen) atoms. The molecule has 0 saturated carbocycles. The number of nitro benzene ring substituents is 1. The Morgan fingerprint density at radius 2 is 2.11 bits per heavy atom. The van der Waals surface area contributed by atoms with Crippen molar-refractivity contribution in [2.75, 3.05) is 25.0 Å². The van der Waals surface area contributed by atoms with E-state index in [9.17, 15) is 10.1 Å². The first-order chi connectivity index (χ1) is 9.08. The summed E-state index contributed by atoms with van der Waals surface area (Å²) in [4.78, 5) is 10.5. The van der Waals surface area contributed by atoms with Crippen molar-refractivity contribution in [3.8, 4) is 0 Å². The molecule has 1 aliphatic heterocycles. The van der Waals surface area contributed by atoms with Crippen molar-refractivity contribution in [1.29, 1.82) is 0 Å². The first-order valence-electron chi connectivity index (χ1n) is 5.84. The maximum atomic E-state index is 11.0. The van der Waals surface area contributed by atoms with Crippen molar-refractivity contribution in [3.63, 3.8) is 0 Å².